The minimum atomic E-state index is 0. The predicted octanol–water partition coefficient (Wildman–Crippen LogP) is -9.00. The van der Waals surface area contributed by atoms with Crippen LogP contribution in [-0.2, 0) is 72.5 Å². The predicted molar refractivity (Wildman–Crippen MR) is 29.5 cm³/mol. The van der Waals surface area contributed by atoms with Crippen molar-refractivity contribution in [1.82, 2.24) is 0 Å². The van der Waals surface area contributed by atoms with E-state index in [2.05, 4.69) is 0 Å². The molecule has 0 spiro atoms. The quantitative estimate of drug-likeness (QED) is 0.378. The Labute approximate surface area is 201 Å². The summed E-state index contributed by atoms with van der Waals surface area (Å²) in [7, 11) is 0. The van der Waals surface area contributed by atoms with Gasteiger partial charge in [0.05, 0.1) is 0 Å². The molecule has 0 bridgehead atoms. The second-order valence-electron chi connectivity index (χ2n) is 0. The molecule has 0 aromatic heterocycles. The van der Waals surface area contributed by atoms with Gasteiger partial charge in [-0.25, -0.2) is 0 Å². The van der Waals surface area contributed by atoms with E-state index >= 15 is 0 Å². The third-order valence-corrected chi connectivity index (χ3v) is 0. The second kappa shape index (κ2) is 51.1. The van der Waals surface area contributed by atoms with Crippen molar-refractivity contribution in [3.63, 3.8) is 0 Å². The van der Waals surface area contributed by atoms with Crippen LogP contribution in [0.3, 0.4) is 0 Å². The zero-order valence-electron chi connectivity index (χ0n) is 5.08. The zero-order chi connectivity index (χ0) is 0. The summed E-state index contributed by atoms with van der Waals surface area (Å²) in [5, 5.41) is 0. The third kappa shape index (κ3) is 39.8. The summed E-state index contributed by atoms with van der Waals surface area (Å²) < 4.78 is 0. The van der Waals surface area contributed by atoms with Crippen LogP contribution in [-0.4, -0.2) is 0 Å². The van der Waals surface area contributed by atoms with E-state index in [4.69, 9.17) is 0 Å². The summed E-state index contributed by atoms with van der Waals surface area (Å²) in [5.74, 6) is 0. The van der Waals surface area contributed by atoms with Crippen LogP contribution < -0.4 is 135 Å². The smallest absolute Gasteiger partial charge is 1.00 e. The monoisotopic (exact) mass is 356 g/mol. The molecule has 0 fully saturated rings. The first-order valence-electron chi connectivity index (χ1n) is 0. The molecular weight excluding hydrogens is 357 g/mol. The molecule has 0 nitrogen and oxygen atoms in total. The third-order valence-electron chi connectivity index (χ3n) is 0. The fourth-order valence-corrected chi connectivity index (χ4v) is 0. The van der Waals surface area contributed by atoms with Gasteiger partial charge in [0.25, 0.3) is 0 Å². The SMILES string of the molecule is [Li+].[Rb+].[Rb+].[S-2].[S-2].[S-2].[S-2].[V]. The Morgan fingerprint density at radius 3 is 0.500 bits per heavy atom. The largest absolute Gasteiger partial charge is 2.00 e. The van der Waals surface area contributed by atoms with E-state index in [1.54, 1.807) is 0 Å². The minimum absolute atomic E-state index is 0. The van der Waals surface area contributed by atoms with Gasteiger partial charge < -0.3 is 54.0 Å². The summed E-state index contributed by atoms with van der Waals surface area (Å²) in [4.78, 5) is 0. The first-order valence-corrected chi connectivity index (χ1v) is 0. The standard InChI is InChI=1S/Li.2Rb.4S.V/q3*+1;4*-2;. The molecule has 0 aliphatic heterocycles. The Kier molecular flexibility index (Phi) is 412. The molecule has 0 rings (SSSR count). The first-order chi connectivity index (χ1) is 0. The molecule has 0 aliphatic carbocycles. The Morgan fingerprint density at radius 1 is 0.500 bits per heavy atom. The fourth-order valence-electron chi connectivity index (χ4n) is 0. The van der Waals surface area contributed by atoms with E-state index in [0.717, 1.165) is 0 Å². The average Bonchev–Trinajstić information content (AvgIpc) is 0. The Hall–Kier alpha value is 6.19. The van der Waals surface area contributed by atoms with Gasteiger partial charge in [-0.1, -0.05) is 0 Å². The van der Waals surface area contributed by atoms with E-state index < -0.39 is 0 Å². The van der Waals surface area contributed by atoms with Gasteiger partial charge in [0, 0.05) is 18.6 Å². The molecule has 0 aliphatic rings. The first kappa shape index (κ1) is 64.4. The number of hydrogen-bond donors (Lipinski definition) is 0. The van der Waals surface area contributed by atoms with Crippen molar-refractivity contribution in [3.05, 3.63) is 0 Å². The Morgan fingerprint density at radius 2 is 0.500 bits per heavy atom. The van der Waals surface area contributed by atoms with Crippen LogP contribution in [0.1, 0.15) is 0 Å². The van der Waals surface area contributed by atoms with Gasteiger partial charge in [-0.2, -0.15) is 0 Å². The van der Waals surface area contributed by atoms with Gasteiger partial charge in [-0.15, -0.1) is 0 Å². The topological polar surface area (TPSA) is 0 Å². The minimum Gasteiger partial charge on any atom is -2.00 e. The zero-order valence-corrected chi connectivity index (χ0v) is 19.6. The van der Waals surface area contributed by atoms with Gasteiger partial charge in [-0.3, -0.25) is 0 Å². The van der Waals surface area contributed by atoms with E-state index in [-0.39, 0.29) is 208 Å². The van der Waals surface area contributed by atoms with E-state index in [0.29, 0.717) is 0 Å². The van der Waals surface area contributed by atoms with Crippen molar-refractivity contribution >= 4 is 54.0 Å². The molecule has 0 aromatic carbocycles. The molecule has 8 heavy (non-hydrogen) atoms. The van der Waals surface area contributed by atoms with Crippen LogP contribution in [0.15, 0.2) is 0 Å². The van der Waals surface area contributed by atoms with Gasteiger partial charge >= 0.3 is 135 Å². The Balaban J connectivity index is 0. The maximum absolute atomic E-state index is 0. The number of rotatable bonds is 0. The molecule has 0 heterocycles. The van der Waals surface area contributed by atoms with Crippen LogP contribution in [0.5, 0.6) is 0 Å². The maximum Gasteiger partial charge on any atom is 1.00 e. The van der Waals surface area contributed by atoms with Crippen LogP contribution in [0, 0.1) is 0 Å². The molecular formula is LiRb2S4V-5. The molecule has 0 amide bonds. The Bertz CT molecular complexity index is 14.0. The van der Waals surface area contributed by atoms with Gasteiger partial charge in [0.1, 0.15) is 0 Å². The van der Waals surface area contributed by atoms with Crippen LogP contribution in [0.4, 0.5) is 0 Å². The molecule has 0 N–H and O–H groups in total. The summed E-state index contributed by atoms with van der Waals surface area (Å²) in [6.07, 6.45) is 0. The van der Waals surface area contributed by atoms with Gasteiger partial charge in [0.15, 0.2) is 0 Å². The second-order valence-corrected chi connectivity index (χ2v) is 0. The van der Waals surface area contributed by atoms with Crippen LogP contribution in [0.25, 0.3) is 0 Å². The van der Waals surface area contributed by atoms with Crippen LogP contribution >= 0.6 is 0 Å². The molecule has 0 saturated carbocycles. The molecule has 37 valence electrons. The average molecular weight is 357 g/mol. The van der Waals surface area contributed by atoms with Crippen molar-refractivity contribution in [2.45, 2.75) is 0 Å². The van der Waals surface area contributed by atoms with Crippen molar-refractivity contribution < 1.29 is 154 Å². The summed E-state index contributed by atoms with van der Waals surface area (Å²) in [5.41, 5.74) is 0. The molecule has 8 heteroatoms. The van der Waals surface area contributed by atoms with Crippen molar-refractivity contribution in [2.24, 2.45) is 0 Å². The van der Waals surface area contributed by atoms with E-state index in [1.807, 2.05) is 0 Å². The van der Waals surface area contributed by atoms with Gasteiger partial charge in [0.2, 0.25) is 0 Å². The normalized spacial score (nSPS) is 0. The molecule has 0 atom stereocenters. The van der Waals surface area contributed by atoms with E-state index in [1.165, 1.54) is 0 Å². The van der Waals surface area contributed by atoms with Crippen molar-refractivity contribution in [3.8, 4) is 0 Å². The van der Waals surface area contributed by atoms with Crippen LogP contribution in [0.2, 0.25) is 0 Å². The summed E-state index contributed by atoms with van der Waals surface area (Å²) in [6, 6.07) is 0. The van der Waals surface area contributed by atoms with Gasteiger partial charge in [-0.05, 0) is 0 Å². The molecule has 0 aromatic rings. The molecule has 1 radical (unpaired) electrons. The summed E-state index contributed by atoms with van der Waals surface area (Å²) >= 11 is 0. The molecule has 0 unspecified atom stereocenters. The summed E-state index contributed by atoms with van der Waals surface area (Å²) in [6.45, 7) is 0. The molecule has 0 saturated heterocycles. The number of hydrogen-bond acceptors (Lipinski definition) is 0. The van der Waals surface area contributed by atoms with Crippen molar-refractivity contribution in [1.29, 1.82) is 0 Å². The van der Waals surface area contributed by atoms with Crippen molar-refractivity contribution in [2.75, 3.05) is 0 Å². The maximum atomic E-state index is 0. The fraction of sp³-hybridized carbons (Fsp3) is 0. The van der Waals surface area contributed by atoms with E-state index in [9.17, 15) is 0 Å².